The van der Waals surface area contributed by atoms with Gasteiger partial charge in [-0.25, -0.2) is 0 Å². The summed E-state index contributed by atoms with van der Waals surface area (Å²) in [6.07, 6.45) is 9.80. The Balaban J connectivity index is 2.01. The van der Waals surface area contributed by atoms with Crippen LogP contribution in [0.5, 0.6) is 0 Å². The normalized spacial score (nSPS) is 29.6. The fourth-order valence-electron chi connectivity index (χ4n) is 3.46. The molecule has 2 aliphatic rings. The third-order valence-corrected chi connectivity index (χ3v) is 4.96. The van der Waals surface area contributed by atoms with Crippen LogP contribution in [-0.4, -0.2) is 29.1 Å². The van der Waals surface area contributed by atoms with Crippen LogP contribution in [-0.2, 0) is 4.79 Å². The highest BCUT2D eigenvalue weighted by Gasteiger charge is 2.43. The van der Waals surface area contributed by atoms with Crippen molar-refractivity contribution in [3.8, 4) is 0 Å². The molecule has 1 aliphatic carbocycles. The largest absolute Gasteiger partial charge is 0.323 e. The van der Waals surface area contributed by atoms with Crippen molar-refractivity contribution in [2.24, 2.45) is 5.92 Å². The van der Waals surface area contributed by atoms with Crippen LogP contribution in [0.1, 0.15) is 72.1 Å². The van der Waals surface area contributed by atoms with E-state index in [4.69, 9.17) is 0 Å². The van der Waals surface area contributed by atoms with Crippen molar-refractivity contribution < 1.29 is 4.79 Å². The number of rotatable bonds is 7. The van der Waals surface area contributed by atoms with E-state index in [1.807, 2.05) is 0 Å². The molecule has 1 aliphatic heterocycles. The van der Waals surface area contributed by atoms with Crippen molar-refractivity contribution >= 4 is 5.91 Å². The Hall–Kier alpha value is -0.570. The Morgan fingerprint density at radius 2 is 2.00 bits per heavy atom. The van der Waals surface area contributed by atoms with E-state index in [1.54, 1.807) is 0 Å². The zero-order valence-corrected chi connectivity index (χ0v) is 12.8. The molecule has 0 bridgehead atoms. The van der Waals surface area contributed by atoms with Crippen molar-refractivity contribution in [1.29, 1.82) is 0 Å². The summed E-state index contributed by atoms with van der Waals surface area (Å²) >= 11 is 0. The molecule has 0 radical (unpaired) electrons. The first-order chi connectivity index (χ1) is 9.19. The zero-order chi connectivity index (χ0) is 13.8. The van der Waals surface area contributed by atoms with Gasteiger partial charge in [-0.15, -0.1) is 0 Å². The van der Waals surface area contributed by atoms with Crippen LogP contribution in [0.4, 0.5) is 0 Å². The summed E-state index contributed by atoms with van der Waals surface area (Å²) in [4.78, 5) is 14.8. The maximum atomic E-state index is 12.6. The van der Waals surface area contributed by atoms with Gasteiger partial charge in [-0.1, -0.05) is 39.5 Å². The number of unbranched alkanes of at least 4 members (excludes halogenated alkanes) is 1. The minimum Gasteiger partial charge on any atom is -0.323 e. The lowest BCUT2D eigenvalue weighted by Gasteiger charge is -2.39. The predicted molar refractivity (Wildman–Crippen MR) is 78.8 cm³/mol. The second kappa shape index (κ2) is 6.74. The van der Waals surface area contributed by atoms with Gasteiger partial charge in [-0.05, 0) is 38.5 Å². The fraction of sp³-hybridized carbons (Fsp3) is 0.938. The number of hydrogen-bond donors (Lipinski definition) is 1. The van der Waals surface area contributed by atoms with Gasteiger partial charge in [-0.2, -0.15) is 0 Å². The summed E-state index contributed by atoms with van der Waals surface area (Å²) in [5.74, 6) is 1.11. The Morgan fingerprint density at radius 3 is 2.53 bits per heavy atom. The van der Waals surface area contributed by atoms with Crippen LogP contribution in [0, 0.1) is 5.92 Å². The molecule has 0 aromatic carbocycles. The first-order valence-electron chi connectivity index (χ1n) is 8.27. The lowest BCUT2D eigenvalue weighted by atomic mass is 9.79. The quantitative estimate of drug-likeness (QED) is 0.767. The van der Waals surface area contributed by atoms with Gasteiger partial charge in [0.05, 0.1) is 12.2 Å². The Labute approximate surface area is 118 Å². The third-order valence-electron chi connectivity index (χ3n) is 4.96. The van der Waals surface area contributed by atoms with E-state index in [1.165, 1.54) is 25.7 Å². The number of nitrogens with zero attached hydrogens (tertiary/aromatic N) is 1. The van der Waals surface area contributed by atoms with E-state index in [2.05, 4.69) is 31.0 Å². The van der Waals surface area contributed by atoms with E-state index in [0.29, 0.717) is 11.9 Å². The van der Waals surface area contributed by atoms with Gasteiger partial charge >= 0.3 is 0 Å². The molecule has 1 saturated heterocycles. The summed E-state index contributed by atoms with van der Waals surface area (Å²) in [5, 5.41) is 3.59. The SMILES string of the molecule is CCCCC1NC(CCC)N(C(C)C2CCC2)C1=O. The summed E-state index contributed by atoms with van der Waals surface area (Å²) in [5.41, 5.74) is 0. The van der Waals surface area contributed by atoms with E-state index < -0.39 is 0 Å². The van der Waals surface area contributed by atoms with Crippen LogP contribution in [0.3, 0.4) is 0 Å². The second-order valence-corrected chi connectivity index (χ2v) is 6.34. The zero-order valence-electron chi connectivity index (χ0n) is 12.8. The molecule has 1 saturated carbocycles. The molecule has 110 valence electrons. The van der Waals surface area contributed by atoms with Crippen molar-refractivity contribution in [1.82, 2.24) is 10.2 Å². The Morgan fingerprint density at radius 1 is 1.26 bits per heavy atom. The van der Waals surface area contributed by atoms with Crippen LogP contribution in [0.2, 0.25) is 0 Å². The molecule has 2 fully saturated rings. The highest BCUT2D eigenvalue weighted by molar-refractivity contribution is 5.84. The maximum Gasteiger partial charge on any atom is 0.241 e. The minimum atomic E-state index is 0.0824. The molecule has 0 aromatic heterocycles. The topological polar surface area (TPSA) is 32.3 Å². The van der Waals surface area contributed by atoms with Gasteiger partial charge in [0.15, 0.2) is 0 Å². The number of amides is 1. The van der Waals surface area contributed by atoms with E-state index >= 15 is 0 Å². The molecule has 3 atom stereocenters. The molecule has 1 heterocycles. The minimum absolute atomic E-state index is 0.0824. The van der Waals surface area contributed by atoms with E-state index in [9.17, 15) is 4.79 Å². The van der Waals surface area contributed by atoms with Gasteiger partial charge < -0.3 is 4.90 Å². The maximum absolute atomic E-state index is 12.6. The first-order valence-corrected chi connectivity index (χ1v) is 8.27. The fourth-order valence-corrected chi connectivity index (χ4v) is 3.46. The van der Waals surface area contributed by atoms with Crippen molar-refractivity contribution in [2.45, 2.75) is 90.4 Å². The molecule has 1 amide bonds. The molecular weight excluding hydrogens is 236 g/mol. The van der Waals surface area contributed by atoms with Crippen molar-refractivity contribution in [2.75, 3.05) is 0 Å². The van der Waals surface area contributed by atoms with Gasteiger partial charge in [0, 0.05) is 6.04 Å². The molecule has 1 N–H and O–H groups in total. The predicted octanol–water partition coefficient (Wildman–Crippen LogP) is 3.29. The monoisotopic (exact) mass is 266 g/mol. The highest BCUT2D eigenvalue weighted by Crippen LogP contribution is 2.35. The van der Waals surface area contributed by atoms with Crippen molar-refractivity contribution in [3.63, 3.8) is 0 Å². The summed E-state index contributed by atoms with van der Waals surface area (Å²) in [6.45, 7) is 6.66. The molecular formula is C16H30N2O. The Kier molecular flexibility index (Phi) is 5.26. The number of carbonyl (C=O) groups excluding carboxylic acids is 1. The number of carbonyl (C=O) groups is 1. The molecule has 3 heteroatoms. The smallest absolute Gasteiger partial charge is 0.241 e. The van der Waals surface area contributed by atoms with Crippen LogP contribution >= 0.6 is 0 Å². The summed E-state index contributed by atoms with van der Waals surface area (Å²) in [7, 11) is 0. The second-order valence-electron chi connectivity index (χ2n) is 6.34. The average Bonchev–Trinajstić information content (AvgIpc) is 2.61. The summed E-state index contributed by atoms with van der Waals surface area (Å²) in [6, 6.07) is 0.510. The number of hydrogen-bond acceptors (Lipinski definition) is 2. The third kappa shape index (κ3) is 3.13. The van der Waals surface area contributed by atoms with Gasteiger partial charge in [0.25, 0.3) is 0 Å². The van der Waals surface area contributed by atoms with Crippen LogP contribution < -0.4 is 5.32 Å². The number of nitrogens with one attached hydrogen (secondary N) is 1. The van der Waals surface area contributed by atoms with Crippen LogP contribution in [0.15, 0.2) is 0 Å². The van der Waals surface area contributed by atoms with Gasteiger partial charge in [-0.3, -0.25) is 10.1 Å². The standard InChI is InChI=1S/C16H30N2O/c1-4-6-11-14-16(19)18(15(17-14)8-5-2)12(3)13-9-7-10-13/h12-15,17H,4-11H2,1-3H3. The van der Waals surface area contributed by atoms with Gasteiger partial charge in [0.2, 0.25) is 5.91 Å². The van der Waals surface area contributed by atoms with Crippen molar-refractivity contribution in [3.05, 3.63) is 0 Å². The first kappa shape index (κ1) is 14.8. The molecule has 3 nitrogen and oxygen atoms in total. The molecule has 19 heavy (non-hydrogen) atoms. The van der Waals surface area contributed by atoms with Crippen LogP contribution in [0.25, 0.3) is 0 Å². The molecule has 0 spiro atoms. The molecule has 2 rings (SSSR count). The summed E-state index contributed by atoms with van der Waals surface area (Å²) < 4.78 is 0. The molecule has 3 unspecified atom stereocenters. The lowest BCUT2D eigenvalue weighted by molar-refractivity contribution is -0.134. The van der Waals surface area contributed by atoms with Gasteiger partial charge in [0.1, 0.15) is 0 Å². The van der Waals surface area contributed by atoms with E-state index in [-0.39, 0.29) is 12.2 Å². The molecule has 0 aromatic rings. The average molecular weight is 266 g/mol. The Bertz CT molecular complexity index is 301. The van der Waals surface area contributed by atoms with E-state index in [0.717, 1.165) is 31.6 Å². The highest BCUT2D eigenvalue weighted by atomic mass is 16.2. The lowest BCUT2D eigenvalue weighted by Crippen LogP contribution is -2.48.